The summed E-state index contributed by atoms with van der Waals surface area (Å²) in [6, 6.07) is 17.2. The first-order valence-electron chi connectivity index (χ1n) is 6.83. The van der Waals surface area contributed by atoms with E-state index < -0.39 is 0 Å². The molecule has 0 saturated carbocycles. The summed E-state index contributed by atoms with van der Waals surface area (Å²) in [5.41, 5.74) is 2.11. The number of hydrogen-bond acceptors (Lipinski definition) is 3. The Labute approximate surface area is 129 Å². The van der Waals surface area contributed by atoms with E-state index in [1.54, 1.807) is 0 Å². The standard InChI is InChI=1S/C17H19NO2S/c1-13-7-9-15(10-8-13)21-12-17(20)18-16(11-19)14-5-3-2-4-6-14/h2-10,16,19H,11-12H2,1H3,(H,18,20)/t16-/m0/s1. The monoisotopic (exact) mass is 301 g/mol. The van der Waals surface area contributed by atoms with Crippen molar-refractivity contribution < 1.29 is 9.90 Å². The molecule has 0 radical (unpaired) electrons. The van der Waals surface area contributed by atoms with Crippen molar-refractivity contribution in [1.29, 1.82) is 0 Å². The molecule has 1 amide bonds. The quantitative estimate of drug-likeness (QED) is 0.807. The number of carbonyl (C=O) groups is 1. The molecule has 2 aromatic rings. The maximum absolute atomic E-state index is 12.0. The van der Waals surface area contributed by atoms with Crippen LogP contribution in [0.4, 0.5) is 0 Å². The summed E-state index contributed by atoms with van der Waals surface area (Å²) in [6.07, 6.45) is 0. The first-order valence-corrected chi connectivity index (χ1v) is 7.82. The summed E-state index contributed by atoms with van der Waals surface area (Å²) >= 11 is 1.49. The molecule has 0 bridgehead atoms. The highest BCUT2D eigenvalue weighted by molar-refractivity contribution is 8.00. The van der Waals surface area contributed by atoms with Crippen LogP contribution in [-0.4, -0.2) is 23.4 Å². The molecule has 1 atom stereocenters. The summed E-state index contributed by atoms with van der Waals surface area (Å²) in [7, 11) is 0. The first kappa shape index (κ1) is 15.6. The number of carbonyl (C=O) groups excluding carboxylic acids is 1. The molecule has 2 N–H and O–H groups in total. The molecule has 0 heterocycles. The number of hydrogen-bond donors (Lipinski definition) is 2. The Bertz CT molecular complexity index is 569. The fourth-order valence-electron chi connectivity index (χ4n) is 1.94. The second-order valence-electron chi connectivity index (χ2n) is 4.82. The third-order valence-corrected chi connectivity index (χ3v) is 4.12. The van der Waals surface area contributed by atoms with E-state index in [-0.39, 0.29) is 18.6 Å². The highest BCUT2D eigenvalue weighted by Crippen LogP contribution is 2.18. The van der Waals surface area contributed by atoms with Gasteiger partial charge in [-0.3, -0.25) is 4.79 Å². The van der Waals surface area contributed by atoms with Gasteiger partial charge in [0, 0.05) is 4.90 Å². The summed E-state index contributed by atoms with van der Waals surface area (Å²) < 4.78 is 0. The van der Waals surface area contributed by atoms with E-state index in [2.05, 4.69) is 5.32 Å². The van der Waals surface area contributed by atoms with Crippen LogP contribution in [0.5, 0.6) is 0 Å². The maximum Gasteiger partial charge on any atom is 0.230 e. The average molecular weight is 301 g/mol. The Morgan fingerprint density at radius 2 is 1.81 bits per heavy atom. The highest BCUT2D eigenvalue weighted by atomic mass is 32.2. The van der Waals surface area contributed by atoms with Crippen LogP contribution in [0, 0.1) is 6.92 Å². The number of aliphatic hydroxyl groups excluding tert-OH is 1. The van der Waals surface area contributed by atoms with Gasteiger partial charge in [-0.1, -0.05) is 48.0 Å². The first-order chi connectivity index (χ1) is 10.2. The van der Waals surface area contributed by atoms with Crippen LogP contribution in [-0.2, 0) is 4.79 Å². The van der Waals surface area contributed by atoms with Crippen molar-refractivity contribution in [1.82, 2.24) is 5.32 Å². The summed E-state index contributed by atoms with van der Waals surface area (Å²) in [6.45, 7) is 1.93. The Hall–Kier alpha value is -1.78. The molecule has 2 rings (SSSR count). The fraction of sp³-hybridized carbons (Fsp3) is 0.235. The summed E-state index contributed by atoms with van der Waals surface area (Å²) in [4.78, 5) is 13.0. The zero-order chi connectivity index (χ0) is 15.1. The average Bonchev–Trinajstić information content (AvgIpc) is 2.53. The minimum Gasteiger partial charge on any atom is -0.394 e. The zero-order valence-corrected chi connectivity index (χ0v) is 12.8. The largest absolute Gasteiger partial charge is 0.394 e. The second-order valence-corrected chi connectivity index (χ2v) is 5.86. The maximum atomic E-state index is 12.0. The Morgan fingerprint density at radius 3 is 2.43 bits per heavy atom. The molecule has 0 aliphatic carbocycles. The lowest BCUT2D eigenvalue weighted by Gasteiger charge is -2.16. The van der Waals surface area contributed by atoms with Crippen molar-refractivity contribution >= 4 is 17.7 Å². The minimum atomic E-state index is -0.350. The van der Waals surface area contributed by atoms with E-state index in [0.717, 1.165) is 10.5 Å². The van der Waals surface area contributed by atoms with Gasteiger partial charge in [0.05, 0.1) is 18.4 Å². The highest BCUT2D eigenvalue weighted by Gasteiger charge is 2.13. The number of aryl methyl sites for hydroxylation is 1. The molecule has 0 aliphatic rings. The predicted molar refractivity (Wildman–Crippen MR) is 86.3 cm³/mol. The molecule has 0 aromatic heterocycles. The Kier molecular flexibility index (Phi) is 5.84. The lowest BCUT2D eigenvalue weighted by molar-refractivity contribution is -0.119. The van der Waals surface area contributed by atoms with Crippen molar-refractivity contribution in [2.45, 2.75) is 17.9 Å². The normalized spacial score (nSPS) is 11.9. The van der Waals surface area contributed by atoms with Gasteiger partial charge in [-0.05, 0) is 24.6 Å². The van der Waals surface area contributed by atoms with Crippen molar-refractivity contribution in [3.05, 3.63) is 65.7 Å². The molecule has 2 aromatic carbocycles. The topological polar surface area (TPSA) is 49.3 Å². The summed E-state index contributed by atoms with van der Waals surface area (Å²) in [5, 5.41) is 12.3. The number of aliphatic hydroxyl groups is 1. The minimum absolute atomic E-state index is 0.0801. The second kappa shape index (κ2) is 7.86. The van der Waals surface area contributed by atoms with Crippen LogP contribution in [0.3, 0.4) is 0 Å². The lowest BCUT2D eigenvalue weighted by Crippen LogP contribution is -2.32. The van der Waals surface area contributed by atoms with Gasteiger partial charge < -0.3 is 10.4 Å². The third kappa shape index (κ3) is 4.92. The number of amides is 1. The molecular weight excluding hydrogens is 282 g/mol. The van der Waals surface area contributed by atoms with E-state index >= 15 is 0 Å². The molecule has 0 spiro atoms. The smallest absolute Gasteiger partial charge is 0.230 e. The number of rotatable bonds is 6. The lowest BCUT2D eigenvalue weighted by atomic mass is 10.1. The van der Waals surface area contributed by atoms with E-state index in [4.69, 9.17) is 0 Å². The predicted octanol–water partition coefficient (Wildman–Crippen LogP) is 2.94. The van der Waals surface area contributed by atoms with Crippen LogP contribution in [0.1, 0.15) is 17.2 Å². The molecule has 0 unspecified atom stereocenters. The molecule has 3 nitrogen and oxygen atoms in total. The number of benzene rings is 2. The molecule has 0 fully saturated rings. The van der Waals surface area contributed by atoms with Gasteiger partial charge in [-0.2, -0.15) is 0 Å². The number of thioether (sulfide) groups is 1. The SMILES string of the molecule is Cc1ccc(SCC(=O)N[C@@H](CO)c2ccccc2)cc1. The van der Waals surface area contributed by atoms with Crippen LogP contribution in [0.15, 0.2) is 59.5 Å². The van der Waals surface area contributed by atoms with E-state index in [0.29, 0.717) is 5.75 Å². The Balaban J connectivity index is 1.87. The van der Waals surface area contributed by atoms with Crippen molar-refractivity contribution in [2.75, 3.05) is 12.4 Å². The van der Waals surface area contributed by atoms with Gasteiger partial charge in [0.2, 0.25) is 5.91 Å². The van der Waals surface area contributed by atoms with Gasteiger partial charge >= 0.3 is 0 Å². The van der Waals surface area contributed by atoms with Crippen LogP contribution < -0.4 is 5.32 Å². The van der Waals surface area contributed by atoms with Gasteiger partial charge in [0.1, 0.15) is 0 Å². The molecular formula is C17H19NO2S. The number of nitrogens with one attached hydrogen (secondary N) is 1. The van der Waals surface area contributed by atoms with Gasteiger partial charge in [0.25, 0.3) is 0 Å². The van der Waals surface area contributed by atoms with Crippen molar-refractivity contribution in [3.8, 4) is 0 Å². The zero-order valence-electron chi connectivity index (χ0n) is 12.0. The molecule has 0 saturated heterocycles. The van der Waals surface area contributed by atoms with E-state index in [1.165, 1.54) is 17.3 Å². The molecule has 21 heavy (non-hydrogen) atoms. The molecule has 110 valence electrons. The van der Waals surface area contributed by atoms with Crippen LogP contribution in [0.25, 0.3) is 0 Å². The Morgan fingerprint density at radius 1 is 1.14 bits per heavy atom. The van der Waals surface area contributed by atoms with E-state index in [9.17, 15) is 9.90 Å². The van der Waals surface area contributed by atoms with Gasteiger partial charge in [-0.15, -0.1) is 11.8 Å². The van der Waals surface area contributed by atoms with Crippen molar-refractivity contribution in [3.63, 3.8) is 0 Å². The van der Waals surface area contributed by atoms with Crippen molar-refractivity contribution in [2.24, 2.45) is 0 Å². The molecule has 4 heteroatoms. The van der Waals surface area contributed by atoms with Crippen LogP contribution in [0.2, 0.25) is 0 Å². The fourth-order valence-corrected chi connectivity index (χ4v) is 2.65. The molecule has 0 aliphatic heterocycles. The van der Waals surface area contributed by atoms with Gasteiger partial charge in [0.15, 0.2) is 0 Å². The van der Waals surface area contributed by atoms with E-state index in [1.807, 2.05) is 61.5 Å². The van der Waals surface area contributed by atoms with Gasteiger partial charge in [-0.25, -0.2) is 0 Å². The van der Waals surface area contributed by atoms with Crippen LogP contribution >= 0.6 is 11.8 Å². The third-order valence-electron chi connectivity index (χ3n) is 3.11. The summed E-state index contributed by atoms with van der Waals surface area (Å²) in [5.74, 6) is 0.260.